The van der Waals surface area contributed by atoms with Crippen molar-refractivity contribution in [2.24, 2.45) is 0 Å². The van der Waals surface area contributed by atoms with E-state index in [4.69, 9.17) is 0 Å². The first kappa shape index (κ1) is 13.9. The largest absolute Gasteiger partial charge is 0.276 e. The number of hydrogen-bond donors (Lipinski definition) is 1. The van der Waals surface area contributed by atoms with Gasteiger partial charge in [-0.05, 0) is 29.0 Å². The van der Waals surface area contributed by atoms with Gasteiger partial charge in [-0.3, -0.25) is 15.1 Å². The van der Waals surface area contributed by atoms with E-state index in [1.165, 1.54) is 0 Å². The van der Waals surface area contributed by atoms with Gasteiger partial charge >= 0.3 is 0 Å². The molecule has 118 valence electrons. The topological polar surface area (TPSA) is 54.5 Å². The van der Waals surface area contributed by atoms with Crippen molar-refractivity contribution < 1.29 is 0 Å². The highest BCUT2D eigenvalue weighted by atomic mass is 15.1. The van der Waals surface area contributed by atoms with E-state index in [1.807, 2.05) is 42.7 Å². The molecule has 0 bridgehead atoms. The number of fused-ring (bicyclic) bond motifs is 2. The zero-order valence-corrected chi connectivity index (χ0v) is 13.3. The normalized spacial score (nSPS) is 11.2. The lowest BCUT2D eigenvalue weighted by Gasteiger charge is -2.00. The summed E-state index contributed by atoms with van der Waals surface area (Å²) >= 11 is 0. The monoisotopic (exact) mass is 322 g/mol. The third-order valence-corrected chi connectivity index (χ3v) is 4.38. The number of aromatic nitrogens is 4. The summed E-state index contributed by atoms with van der Waals surface area (Å²) in [5, 5.41) is 12.1. The Hall–Kier alpha value is -3.53. The molecule has 0 saturated carbocycles. The summed E-state index contributed by atoms with van der Waals surface area (Å²) in [6, 6.07) is 22.5. The summed E-state index contributed by atoms with van der Waals surface area (Å²) in [5.74, 6) is 0. The fraction of sp³-hybridized carbons (Fsp3) is 0. The molecular formula is C21H14N4. The molecule has 0 aliphatic heterocycles. The molecule has 3 heterocycles. The van der Waals surface area contributed by atoms with Crippen LogP contribution in [-0.4, -0.2) is 20.2 Å². The standard InChI is InChI=1S/C21H14N4/c1-3-7-16-12-22-18(9-14(16)5-1)20-11-21(25-24-20)19-10-15-6-2-4-8-17(15)13-23-19/h1-13H,(H,24,25). The summed E-state index contributed by atoms with van der Waals surface area (Å²) < 4.78 is 0. The predicted molar refractivity (Wildman–Crippen MR) is 100 cm³/mol. The first-order valence-electron chi connectivity index (χ1n) is 8.12. The van der Waals surface area contributed by atoms with Gasteiger partial charge in [0.2, 0.25) is 0 Å². The van der Waals surface area contributed by atoms with E-state index in [1.54, 1.807) is 0 Å². The second-order valence-corrected chi connectivity index (χ2v) is 6.00. The maximum atomic E-state index is 4.54. The van der Waals surface area contributed by atoms with E-state index in [2.05, 4.69) is 56.6 Å². The van der Waals surface area contributed by atoms with Crippen molar-refractivity contribution in [1.82, 2.24) is 20.2 Å². The highest BCUT2D eigenvalue weighted by Crippen LogP contribution is 2.25. The summed E-state index contributed by atoms with van der Waals surface area (Å²) in [6.45, 7) is 0. The van der Waals surface area contributed by atoms with E-state index in [-0.39, 0.29) is 0 Å². The molecule has 5 rings (SSSR count). The highest BCUT2D eigenvalue weighted by Gasteiger charge is 2.09. The van der Waals surface area contributed by atoms with Gasteiger partial charge < -0.3 is 0 Å². The fourth-order valence-electron chi connectivity index (χ4n) is 3.04. The van der Waals surface area contributed by atoms with Crippen molar-refractivity contribution in [2.45, 2.75) is 0 Å². The maximum Gasteiger partial charge on any atom is 0.111 e. The number of H-pyrrole nitrogens is 1. The van der Waals surface area contributed by atoms with E-state index in [0.29, 0.717) is 0 Å². The van der Waals surface area contributed by atoms with Crippen LogP contribution >= 0.6 is 0 Å². The molecule has 0 fully saturated rings. The van der Waals surface area contributed by atoms with Crippen LogP contribution in [0.4, 0.5) is 0 Å². The summed E-state index contributed by atoms with van der Waals surface area (Å²) in [4.78, 5) is 9.07. The van der Waals surface area contributed by atoms with Crippen LogP contribution in [0.2, 0.25) is 0 Å². The zero-order valence-electron chi connectivity index (χ0n) is 13.3. The molecule has 0 spiro atoms. The third kappa shape index (κ3) is 2.44. The quantitative estimate of drug-likeness (QED) is 0.506. The van der Waals surface area contributed by atoms with Crippen molar-refractivity contribution in [3.05, 3.63) is 79.1 Å². The molecule has 4 heteroatoms. The van der Waals surface area contributed by atoms with E-state index in [9.17, 15) is 0 Å². The van der Waals surface area contributed by atoms with Gasteiger partial charge in [0.05, 0.1) is 17.1 Å². The Bertz CT molecular complexity index is 1110. The van der Waals surface area contributed by atoms with E-state index in [0.717, 1.165) is 44.3 Å². The van der Waals surface area contributed by atoms with Crippen molar-refractivity contribution in [3.63, 3.8) is 0 Å². The SMILES string of the molecule is c1ccc2cc(-c3cc(-c4cc5ccccc5cn4)[nH]n3)ncc2c1. The van der Waals surface area contributed by atoms with Crippen LogP contribution in [0, 0.1) is 0 Å². The van der Waals surface area contributed by atoms with Crippen molar-refractivity contribution >= 4 is 21.5 Å². The van der Waals surface area contributed by atoms with Crippen LogP contribution in [-0.2, 0) is 0 Å². The average molecular weight is 322 g/mol. The number of nitrogens with one attached hydrogen (secondary N) is 1. The molecule has 0 atom stereocenters. The molecule has 25 heavy (non-hydrogen) atoms. The van der Waals surface area contributed by atoms with Gasteiger partial charge in [-0.15, -0.1) is 0 Å². The molecule has 1 N–H and O–H groups in total. The van der Waals surface area contributed by atoms with Crippen LogP contribution in [0.1, 0.15) is 0 Å². The Labute approximate surface area is 144 Å². The van der Waals surface area contributed by atoms with Crippen molar-refractivity contribution in [1.29, 1.82) is 0 Å². The van der Waals surface area contributed by atoms with Gasteiger partial charge in [0.1, 0.15) is 5.69 Å². The second kappa shape index (κ2) is 5.53. The average Bonchev–Trinajstić information content (AvgIpc) is 3.17. The Morgan fingerprint density at radius 3 is 1.80 bits per heavy atom. The van der Waals surface area contributed by atoms with Gasteiger partial charge in [0, 0.05) is 23.2 Å². The Balaban J connectivity index is 1.57. The lowest BCUT2D eigenvalue weighted by atomic mass is 10.1. The number of aromatic amines is 1. The Morgan fingerprint density at radius 2 is 1.12 bits per heavy atom. The predicted octanol–water partition coefficient (Wildman–Crippen LogP) is 4.84. The van der Waals surface area contributed by atoms with Crippen LogP contribution in [0.5, 0.6) is 0 Å². The van der Waals surface area contributed by atoms with Crippen LogP contribution in [0.25, 0.3) is 44.3 Å². The fourth-order valence-corrected chi connectivity index (χ4v) is 3.04. The molecule has 0 unspecified atom stereocenters. The lowest BCUT2D eigenvalue weighted by Crippen LogP contribution is -1.84. The molecule has 2 aromatic carbocycles. The van der Waals surface area contributed by atoms with Gasteiger partial charge in [0.15, 0.2) is 0 Å². The van der Waals surface area contributed by atoms with Gasteiger partial charge in [-0.25, -0.2) is 0 Å². The summed E-state index contributed by atoms with van der Waals surface area (Å²) in [5.41, 5.74) is 3.42. The molecule has 0 aliphatic rings. The first-order valence-corrected chi connectivity index (χ1v) is 8.12. The maximum absolute atomic E-state index is 4.54. The number of benzene rings is 2. The Kier molecular flexibility index (Phi) is 3.07. The number of hydrogen-bond acceptors (Lipinski definition) is 3. The zero-order chi connectivity index (χ0) is 16.6. The van der Waals surface area contributed by atoms with Crippen molar-refractivity contribution in [2.75, 3.05) is 0 Å². The molecule has 0 amide bonds. The molecule has 0 saturated heterocycles. The van der Waals surface area contributed by atoms with Gasteiger partial charge in [-0.2, -0.15) is 5.10 Å². The molecule has 4 nitrogen and oxygen atoms in total. The van der Waals surface area contributed by atoms with E-state index >= 15 is 0 Å². The Morgan fingerprint density at radius 1 is 0.560 bits per heavy atom. The number of rotatable bonds is 2. The second-order valence-electron chi connectivity index (χ2n) is 6.00. The van der Waals surface area contributed by atoms with Crippen LogP contribution in [0.15, 0.2) is 79.1 Å². The first-order chi connectivity index (χ1) is 12.4. The minimum absolute atomic E-state index is 0.815. The van der Waals surface area contributed by atoms with Gasteiger partial charge in [-0.1, -0.05) is 48.5 Å². The molecule has 0 radical (unpaired) electrons. The van der Waals surface area contributed by atoms with Crippen LogP contribution < -0.4 is 0 Å². The lowest BCUT2D eigenvalue weighted by molar-refractivity contribution is 1.08. The molecule has 5 aromatic rings. The van der Waals surface area contributed by atoms with Crippen molar-refractivity contribution in [3.8, 4) is 22.8 Å². The summed E-state index contributed by atoms with van der Waals surface area (Å²) in [7, 11) is 0. The highest BCUT2D eigenvalue weighted by molar-refractivity contribution is 5.86. The third-order valence-electron chi connectivity index (χ3n) is 4.38. The van der Waals surface area contributed by atoms with E-state index < -0.39 is 0 Å². The number of pyridine rings is 2. The molecular weight excluding hydrogens is 308 g/mol. The minimum Gasteiger partial charge on any atom is -0.276 e. The smallest absolute Gasteiger partial charge is 0.111 e. The summed E-state index contributed by atoms with van der Waals surface area (Å²) in [6.07, 6.45) is 3.77. The molecule has 3 aromatic heterocycles. The number of nitrogens with zero attached hydrogens (tertiary/aromatic N) is 3. The van der Waals surface area contributed by atoms with Crippen LogP contribution in [0.3, 0.4) is 0 Å². The minimum atomic E-state index is 0.815. The molecule has 0 aliphatic carbocycles. The van der Waals surface area contributed by atoms with Gasteiger partial charge in [0.25, 0.3) is 0 Å².